The van der Waals surface area contributed by atoms with E-state index in [1.54, 1.807) is 0 Å². The molecule has 2 heteroatoms. The van der Waals surface area contributed by atoms with Crippen molar-refractivity contribution in [2.24, 2.45) is 0 Å². The minimum atomic E-state index is 0.173. The quantitative estimate of drug-likeness (QED) is 0.838. The molecule has 0 saturated heterocycles. The molecule has 1 N–H and O–H groups in total. The molecule has 1 aromatic carbocycles. The predicted octanol–water partition coefficient (Wildman–Crippen LogP) is 5.23. The summed E-state index contributed by atoms with van der Waals surface area (Å²) in [5.41, 5.74) is 6.85. The van der Waals surface area contributed by atoms with E-state index in [1.807, 2.05) is 0 Å². The first-order valence-corrected chi connectivity index (χ1v) is 8.70. The molecule has 1 aliphatic carbocycles. The zero-order chi connectivity index (χ0) is 15.7. The fourth-order valence-electron chi connectivity index (χ4n) is 3.34. The van der Waals surface area contributed by atoms with E-state index in [2.05, 4.69) is 51.2 Å². The maximum atomic E-state index is 4.97. The molecule has 0 radical (unpaired) electrons. The largest absolute Gasteiger partial charge is 0.384 e. The number of benzene rings is 1. The van der Waals surface area contributed by atoms with Crippen molar-refractivity contribution in [3.8, 4) is 0 Å². The van der Waals surface area contributed by atoms with Gasteiger partial charge in [-0.3, -0.25) is 4.98 Å². The van der Waals surface area contributed by atoms with Crippen LogP contribution in [0, 0.1) is 0 Å². The number of aromatic nitrogens is 1. The monoisotopic (exact) mass is 296 g/mol. The number of pyridine rings is 1. The Bertz CT molecular complexity index is 680. The van der Waals surface area contributed by atoms with Crippen LogP contribution in [0.25, 0.3) is 10.9 Å². The summed E-state index contributed by atoms with van der Waals surface area (Å²) in [5.74, 6) is 0. The van der Waals surface area contributed by atoms with Gasteiger partial charge in [-0.1, -0.05) is 33.8 Å². The number of rotatable bonds is 3. The van der Waals surface area contributed by atoms with Crippen LogP contribution in [0.15, 0.2) is 18.2 Å². The van der Waals surface area contributed by atoms with E-state index in [4.69, 9.17) is 4.98 Å². The van der Waals surface area contributed by atoms with Crippen molar-refractivity contribution in [2.45, 2.75) is 65.2 Å². The van der Waals surface area contributed by atoms with Crippen molar-refractivity contribution >= 4 is 16.6 Å². The number of anilines is 1. The number of hydrogen-bond donors (Lipinski definition) is 1. The van der Waals surface area contributed by atoms with Gasteiger partial charge in [0, 0.05) is 23.3 Å². The molecule has 0 atom stereocenters. The Hall–Kier alpha value is -1.57. The summed E-state index contributed by atoms with van der Waals surface area (Å²) in [6.07, 6.45) is 6.02. The Labute approximate surface area is 134 Å². The van der Waals surface area contributed by atoms with E-state index >= 15 is 0 Å². The first-order chi connectivity index (χ1) is 10.5. The Kier molecular flexibility index (Phi) is 4.12. The predicted molar refractivity (Wildman–Crippen MR) is 95.9 cm³/mol. The number of nitrogens with zero attached hydrogens (tertiary/aromatic N) is 1. The average molecular weight is 296 g/mol. The van der Waals surface area contributed by atoms with Crippen LogP contribution < -0.4 is 5.32 Å². The second kappa shape index (κ2) is 5.91. The average Bonchev–Trinajstić information content (AvgIpc) is 2.50. The van der Waals surface area contributed by atoms with Crippen LogP contribution in [0.5, 0.6) is 0 Å². The van der Waals surface area contributed by atoms with Crippen LogP contribution in [0.3, 0.4) is 0 Å². The maximum Gasteiger partial charge on any atom is 0.0726 e. The van der Waals surface area contributed by atoms with Gasteiger partial charge in [0.05, 0.1) is 5.52 Å². The zero-order valence-corrected chi connectivity index (χ0v) is 14.4. The fraction of sp³-hybridized carbons (Fsp3) is 0.550. The lowest BCUT2D eigenvalue weighted by Gasteiger charge is -2.24. The smallest absolute Gasteiger partial charge is 0.0726 e. The fourth-order valence-corrected chi connectivity index (χ4v) is 3.34. The summed E-state index contributed by atoms with van der Waals surface area (Å²) >= 11 is 0. The van der Waals surface area contributed by atoms with Gasteiger partial charge in [-0.2, -0.15) is 0 Å². The third kappa shape index (κ3) is 2.84. The van der Waals surface area contributed by atoms with Crippen LogP contribution >= 0.6 is 0 Å². The lowest BCUT2D eigenvalue weighted by atomic mass is 9.85. The van der Waals surface area contributed by atoms with Crippen molar-refractivity contribution in [3.63, 3.8) is 0 Å². The van der Waals surface area contributed by atoms with E-state index in [1.165, 1.54) is 47.2 Å². The van der Waals surface area contributed by atoms with Crippen LogP contribution in [-0.2, 0) is 18.3 Å². The highest BCUT2D eigenvalue weighted by Crippen LogP contribution is 2.35. The molecule has 22 heavy (non-hydrogen) atoms. The standard InChI is InChI=1S/C20H28N2/c1-5-12-21-19-15-8-6-7-9-17(15)22-18-11-10-14(13-16(18)19)20(2,3)4/h10-11,13H,5-9,12H2,1-4H3,(H,21,22). The van der Waals surface area contributed by atoms with Crippen LogP contribution in [-0.4, -0.2) is 11.5 Å². The molecule has 2 aromatic rings. The Balaban J connectivity index is 2.21. The second-order valence-electron chi connectivity index (χ2n) is 7.53. The summed E-state index contributed by atoms with van der Waals surface area (Å²) in [7, 11) is 0. The van der Waals surface area contributed by atoms with Crippen molar-refractivity contribution in [3.05, 3.63) is 35.0 Å². The lowest BCUT2D eigenvalue weighted by Crippen LogP contribution is -2.14. The molecule has 0 saturated carbocycles. The molecule has 0 amide bonds. The van der Waals surface area contributed by atoms with Gasteiger partial charge in [0.15, 0.2) is 0 Å². The van der Waals surface area contributed by atoms with E-state index in [9.17, 15) is 0 Å². The van der Waals surface area contributed by atoms with Gasteiger partial charge in [0.1, 0.15) is 0 Å². The van der Waals surface area contributed by atoms with Gasteiger partial charge in [0.25, 0.3) is 0 Å². The molecule has 1 aliphatic rings. The number of hydrogen-bond acceptors (Lipinski definition) is 2. The zero-order valence-electron chi connectivity index (χ0n) is 14.4. The van der Waals surface area contributed by atoms with E-state index in [0.29, 0.717) is 0 Å². The lowest BCUT2D eigenvalue weighted by molar-refractivity contribution is 0.591. The van der Waals surface area contributed by atoms with Crippen molar-refractivity contribution in [2.75, 3.05) is 11.9 Å². The first kappa shape index (κ1) is 15.3. The summed E-state index contributed by atoms with van der Waals surface area (Å²) in [4.78, 5) is 4.97. The van der Waals surface area contributed by atoms with Gasteiger partial charge in [-0.15, -0.1) is 0 Å². The molecule has 0 aliphatic heterocycles. The summed E-state index contributed by atoms with van der Waals surface area (Å²) in [5, 5.41) is 5.01. The number of fused-ring (bicyclic) bond motifs is 2. The molecule has 0 spiro atoms. The molecule has 2 nitrogen and oxygen atoms in total. The highest BCUT2D eigenvalue weighted by atomic mass is 14.9. The maximum absolute atomic E-state index is 4.97. The van der Waals surface area contributed by atoms with E-state index < -0.39 is 0 Å². The van der Waals surface area contributed by atoms with Gasteiger partial charge < -0.3 is 5.32 Å². The van der Waals surface area contributed by atoms with Crippen molar-refractivity contribution in [1.29, 1.82) is 0 Å². The van der Waals surface area contributed by atoms with Crippen molar-refractivity contribution < 1.29 is 0 Å². The first-order valence-electron chi connectivity index (χ1n) is 8.70. The van der Waals surface area contributed by atoms with Crippen molar-refractivity contribution in [1.82, 2.24) is 4.98 Å². The summed E-state index contributed by atoms with van der Waals surface area (Å²) in [6.45, 7) is 10.1. The molecule has 0 fully saturated rings. The minimum Gasteiger partial charge on any atom is -0.384 e. The topological polar surface area (TPSA) is 24.9 Å². The SMILES string of the molecule is CCCNc1c2c(nc3ccc(C(C)(C)C)cc13)CCCC2. The molecule has 0 unspecified atom stereocenters. The van der Waals surface area contributed by atoms with E-state index in [-0.39, 0.29) is 5.41 Å². The van der Waals surface area contributed by atoms with Gasteiger partial charge >= 0.3 is 0 Å². The Morgan fingerprint density at radius 1 is 1.14 bits per heavy atom. The number of nitrogens with one attached hydrogen (secondary N) is 1. The molecule has 0 bridgehead atoms. The summed E-state index contributed by atoms with van der Waals surface area (Å²) in [6, 6.07) is 6.81. The molecule has 118 valence electrons. The minimum absolute atomic E-state index is 0.173. The molecule has 1 aromatic heterocycles. The number of aryl methyl sites for hydroxylation is 1. The highest BCUT2D eigenvalue weighted by Gasteiger charge is 2.20. The Morgan fingerprint density at radius 2 is 1.91 bits per heavy atom. The van der Waals surface area contributed by atoms with Gasteiger partial charge in [-0.05, 0) is 60.8 Å². The summed E-state index contributed by atoms with van der Waals surface area (Å²) < 4.78 is 0. The third-order valence-electron chi connectivity index (χ3n) is 4.68. The highest BCUT2D eigenvalue weighted by molar-refractivity contribution is 5.94. The molecule has 3 rings (SSSR count). The third-order valence-corrected chi connectivity index (χ3v) is 4.68. The molecule has 1 heterocycles. The Morgan fingerprint density at radius 3 is 2.64 bits per heavy atom. The van der Waals surface area contributed by atoms with E-state index in [0.717, 1.165) is 24.9 Å². The van der Waals surface area contributed by atoms with Gasteiger partial charge in [-0.25, -0.2) is 0 Å². The second-order valence-corrected chi connectivity index (χ2v) is 7.53. The van der Waals surface area contributed by atoms with Crippen LogP contribution in [0.4, 0.5) is 5.69 Å². The molecular formula is C20H28N2. The van der Waals surface area contributed by atoms with Gasteiger partial charge in [0.2, 0.25) is 0 Å². The van der Waals surface area contributed by atoms with Crippen LogP contribution in [0.2, 0.25) is 0 Å². The van der Waals surface area contributed by atoms with Crippen LogP contribution in [0.1, 0.15) is 63.8 Å². The molecular weight excluding hydrogens is 268 g/mol. The normalized spacial score (nSPS) is 14.9.